The lowest BCUT2D eigenvalue weighted by molar-refractivity contribution is -0.138. The number of aromatic nitrogens is 1. The van der Waals surface area contributed by atoms with Gasteiger partial charge in [-0.1, -0.05) is 0 Å². The third kappa shape index (κ3) is 1.84. The average molecular weight is 205 g/mol. The molecule has 0 bridgehead atoms. The summed E-state index contributed by atoms with van der Waals surface area (Å²) in [6.07, 6.45) is 0. The summed E-state index contributed by atoms with van der Waals surface area (Å²) < 4.78 is 37.8. The van der Waals surface area contributed by atoms with Gasteiger partial charge < -0.3 is 5.11 Å². The monoisotopic (exact) mass is 205 g/mol. The van der Waals surface area contributed by atoms with E-state index in [4.69, 9.17) is 5.11 Å². The fourth-order valence-electron chi connectivity index (χ4n) is 0.878. The van der Waals surface area contributed by atoms with Gasteiger partial charge in [-0.15, -0.1) is 0 Å². The topological polar surface area (TPSA) is 50.2 Å². The highest BCUT2D eigenvalue weighted by atomic mass is 19.2. The Morgan fingerprint density at radius 1 is 1.43 bits per heavy atom. The third-order valence-electron chi connectivity index (χ3n) is 1.69. The number of hydrogen-bond acceptors (Lipinski definition) is 2. The molecule has 6 heteroatoms. The number of halogens is 3. The van der Waals surface area contributed by atoms with E-state index in [0.29, 0.717) is 0 Å². The molecule has 0 fully saturated rings. The first-order valence-electron chi connectivity index (χ1n) is 3.67. The van der Waals surface area contributed by atoms with Crippen molar-refractivity contribution in [2.24, 2.45) is 0 Å². The molecule has 0 unspecified atom stereocenters. The van der Waals surface area contributed by atoms with E-state index in [0.717, 1.165) is 6.92 Å². The van der Waals surface area contributed by atoms with Crippen LogP contribution in [-0.4, -0.2) is 16.1 Å². The standard InChI is InChI=1S/C8H6F3NO2/c1-3(8(13)14)6-4(9)2-5(10)7(11)12-6/h2-3H,1H3,(H,13,14)/t3-/m1/s1. The van der Waals surface area contributed by atoms with E-state index in [9.17, 15) is 18.0 Å². The molecule has 1 aromatic heterocycles. The second-order valence-corrected chi connectivity index (χ2v) is 2.69. The quantitative estimate of drug-likeness (QED) is 0.747. The Hall–Kier alpha value is -1.59. The molecular weight excluding hydrogens is 199 g/mol. The fraction of sp³-hybridized carbons (Fsp3) is 0.250. The number of carbonyl (C=O) groups is 1. The SMILES string of the molecule is C[C@@H](C(=O)O)c1nc(F)c(F)cc1F. The van der Waals surface area contributed by atoms with Crippen molar-refractivity contribution in [3.05, 3.63) is 29.3 Å². The third-order valence-corrected chi connectivity index (χ3v) is 1.69. The maximum Gasteiger partial charge on any atom is 0.312 e. The van der Waals surface area contributed by atoms with Crippen LogP contribution in [0, 0.1) is 17.6 Å². The summed E-state index contributed by atoms with van der Waals surface area (Å²) in [6, 6.07) is 0.275. The molecule has 1 rings (SSSR count). The highest BCUT2D eigenvalue weighted by molar-refractivity contribution is 5.74. The Balaban J connectivity index is 3.22. The molecule has 1 heterocycles. The molecule has 1 N–H and O–H groups in total. The van der Waals surface area contributed by atoms with Crippen LogP contribution < -0.4 is 0 Å². The van der Waals surface area contributed by atoms with Gasteiger partial charge in [0, 0.05) is 6.07 Å². The van der Waals surface area contributed by atoms with E-state index in [1.54, 1.807) is 0 Å². The molecule has 0 saturated carbocycles. The summed E-state index contributed by atoms with van der Waals surface area (Å²) in [6.45, 7) is 1.13. The molecule has 0 amide bonds. The summed E-state index contributed by atoms with van der Waals surface area (Å²) in [5, 5.41) is 8.50. The van der Waals surface area contributed by atoms with Crippen molar-refractivity contribution in [1.82, 2.24) is 4.98 Å². The molecule has 0 aromatic carbocycles. The fourth-order valence-corrected chi connectivity index (χ4v) is 0.878. The second kappa shape index (κ2) is 3.65. The first kappa shape index (κ1) is 10.5. The lowest BCUT2D eigenvalue weighted by atomic mass is 10.1. The molecule has 1 aromatic rings. The predicted molar refractivity (Wildman–Crippen MR) is 40.2 cm³/mol. The van der Waals surface area contributed by atoms with Crippen LogP contribution in [0.4, 0.5) is 13.2 Å². The summed E-state index contributed by atoms with van der Waals surface area (Å²) in [5.41, 5.74) is -0.614. The van der Waals surface area contributed by atoms with Crippen molar-refractivity contribution in [3.8, 4) is 0 Å². The van der Waals surface area contributed by atoms with E-state index in [2.05, 4.69) is 4.98 Å². The minimum Gasteiger partial charge on any atom is -0.481 e. The van der Waals surface area contributed by atoms with Crippen molar-refractivity contribution < 1.29 is 23.1 Å². The Bertz CT molecular complexity index is 381. The van der Waals surface area contributed by atoms with Gasteiger partial charge in [0.1, 0.15) is 5.82 Å². The van der Waals surface area contributed by atoms with Crippen molar-refractivity contribution in [3.63, 3.8) is 0 Å². The Kier molecular flexibility index (Phi) is 2.73. The Labute approximate surface area is 77.2 Å². The molecular formula is C8H6F3NO2. The van der Waals surface area contributed by atoms with Crippen LogP contribution in [0.15, 0.2) is 6.07 Å². The van der Waals surface area contributed by atoms with Gasteiger partial charge in [-0.3, -0.25) is 4.79 Å². The minimum atomic E-state index is -1.51. The van der Waals surface area contributed by atoms with Crippen molar-refractivity contribution >= 4 is 5.97 Å². The molecule has 0 aliphatic carbocycles. The first-order valence-corrected chi connectivity index (χ1v) is 3.67. The summed E-state index contributed by atoms with van der Waals surface area (Å²) in [4.78, 5) is 13.3. The molecule has 0 aliphatic rings. The molecule has 0 radical (unpaired) electrons. The average Bonchev–Trinajstić information content (AvgIpc) is 2.10. The van der Waals surface area contributed by atoms with Gasteiger partial charge in [0.2, 0.25) is 5.95 Å². The van der Waals surface area contributed by atoms with Gasteiger partial charge in [-0.05, 0) is 6.92 Å². The van der Waals surface area contributed by atoms with E-state index in [1.807, 2.05) is 0 Å². The van der Waals surface area contributed by atoms with Crippen molar-refractivity contribution in [2.75, 3.05) is 0 Å². The van der Waals surface area contributed by atoms with Gasteiger partial charge in [-0.25, -0.2) is 13.8 Å². The largest absolute Gasteiger partial charge is 0.481 e. The molecule has 1 atom stereocenters. The number of pyridine rings is 1. The lowest BCUT2D eigenvalue weighted by Crippen LogP contribution is -2.13. The van der Waals surface area contributed by atoms with E-state index < -0.39 is 35.2 Å². The number of aliphatic carboxylic acids is 1. The van der Waals surface area contributed by atoms with Gasteiger partial charge >= 0.3 is 5.97 Å². The maximum absolute atomic E-state index is 12.9. The zero-order chi connectivity index (χ0) is 10.9. The molecule has 0 spiro atoms. The summed E-state index contributed by atoms with van der Waals surface area (Å²) in [5.74, 6) is -6.79. The number of hydrogen-bond donors (Lipinski definition) is 1. The van der Waals surface area contributed by atoms with Crippen LogP contribution >= 0.6 is 0 Å². The van der Waals surface area contributed by atoms with Crippen molar-refractivity contribution in [2.45, 2.75) is 12.8 Å². The van der Waals surface area contributed by atoms with Crippen LogP contribution in [0.3, 0.4) is 0 Å². The highest BCUT2D eigenvalue weighted by Gasteiger charge is 2.22. The Morgan fingerprint density at radius 2 is 2.00 bits per heavy atom. The van der Waals surface area contributed by atoms with Crippen LogP contribution in [0.2, 0.25) is 0 Å². The second-order valence-electron chi connectivity index (χ2n) is 2.69. The van der Waals surface area contributed by atoms with Crippen LogP contribution in [-0.2, 0) is 4.79 Å². The molecule has 14 heavy (non-hydrogen) atoms. The zero-order valence-electron chi connectivity index (χ0n) is 7.09. The van der Waals surface area contributed by atoms with Crippen LogP contribution in [0.25, 0.3) is 0 Å². The lowest BCUT2D eigenvalue weighted by Gasteiger charge is -2.06. The summed E-state index contributed by atoms with van der Waals surface area (Å²) in [7, 11) is 0. The molecule has 0 saturated heterocycles. The van der Waals surface area contributed by atoms with Gasteiger partial charge in [-0.2, -0.15) is 4.39 Å². The molecule has 0 aliphatic heterocycles. The van der Waals surface area contributed by atoms with E-state index in [-0.39, 0.29) is 6.07 Å². The highest BCUT2D eigenvalue weighted by Crippen LogP contribution is 2.18. The van der Waals surface area contributed by atoms with Crippen molar-refractivity contribution in [1.29, 1.82) is 0 Å². The zero-order valence-corrected chi connectivity index (χ0v) is 7.09. The van der Waals surface area contributed by atoms with E-state index >= 15 is 0 Å². The minimum absolute atomic E-state index is 0.275. The Morgan fingerprint density at radius 3 is 2.50 bits per heavy atom. The number of carboxylic acids is 1. The normalized spacial score (nSPS) is 12.6. The number of rotatable bonds is 2. The van der Waals surface area contributed by atoms with E-state index in [1.165, 1.54) is 0 Å². The predicted octanol–water partition coefficient (Wildman–Crippen LogP) is 1.69. The van der Waals surface area contributed by atoms with Gasteiger partial charge in [0.15, 0.2) is 5.82 Å². The maximum atomic E-state index is 12.9. The smallest absolute Gasteiger partial charge is 0.312 e. The summed E-state index contributed by atoms with van der Waals surface area (Å²) >= 11 is 0. The van der Waals surface area contributed by atoms with Crippen LogP contribution in [0.5, 0.6) is 0 Å². The molecule has 76 valence electrons. The number of nitrogens with zero attached hydrogens (tertiary/aromatic N) is 1. The van der Waals surface area contributed by atoms with Crippen LogP contribution in [0.1, 0.15) is 18.5 Å². The molecule has 3 nitrogen and oxygen atoms in total. The first-order chi connectivity index (χ1) is 6.43. The van der Waals surface area contributed by atoms with Gasteiger partial charge in [0.25, 0.3) is 0 Å². The van der Waals surface area contributed by atoms with Gasteiger partial charge in [0.05, 0.1) is 11.6 Å². The number of carboxylic acid groups (broad SMARTS) is 1.